The number of thiazole rings is 1. The summed E-state index contributed by atoms with van der Waals surface area (Å²) in [5.74, 6) is 0. The highest BCUT2D eigenvalue weighted by Crippen LogP contribution is 2.27. The quantitative estimate of drug-likeness (QED) is 0.847. The van der Waals surface area contributed by atoms with Crippen molar-refractivity contribution in [2.24, 2.45) is 5.73 Å². The molecule has 6 heteroatoms. The number of nitrogens with zero attached hydrogens (tertiary/aromatic N) is 1. The lowest BCUT2D eigenvalue weighted by Gasteiger charge is -2.14. The molecule has 1 heterocycles. The molecule has 1 atom stereocenters. The van der Waals surface area contributed by atoms with Gasteiger partial charge in [-0.15, -0.1) is 11.3 Å². The van der Waals surface area contributed by atoms with Crippen LogP contribution in [-0.2, 0) is 0 Å². The molecule has 18 heavy (non-hydrogen) atoms. The van der Waals surface area contributed by atoms with Gasteiger partial charge in [0.1, 0.15) is 10.00 Å². The number of rotatable bonds is 4. The average molecular weight is 298 g/mol. The van der Waals surface area contributed by atoms with Gasteiger partial charge in [0.05, 0.1) is 16.8 Å². The second kappa shape index (κ2) is 5.65. The minimum atomic E-state index is 0.109. The molecule has 0 amide bonds. The fourth-order valence-corrected chi connectivity index (χ4v) is 2.54. The zero-order chi connectivity index (χ0) is 13.1. The Labute approximate surface area is 120 Å². The molecule has 3 nitrogen and oxygen atoms in total. The van der Waals surface area contributed by atoms with E-state index in [1.54, 1.807) is 23.6 Å². The molecule has 0 bridgehead atoms. The van der Waals surface area contributed by atoms with E-state index in [4.69, 9.17) is 29.6 Å². The van der Waals surface area contributed by atoms with Gasteiger partial charge in [-0.1, -0.05) is 23.8 Å². The van der Waals surface area contributed by atoms with Gasteiger partial charge in [-0.2, -0.15) is 0 Å². The molecular formula is C12H12ClN3S2. The van der Waals surface area contributed by atoms with Crippen LogP contribution >= 0.6 is 35.2 Å². The molecule has 0 aliphatic rings. The highest BCUT2D eigenvalue weighted by Gasteiger charge is 2.10. The standard InChI is InChI=1S/C12H12ClN3S2/c1-7(12-15-4-5-18-12)16-10-3-2-8(11(14)17)6-9(10)13/h2-7,16H,1H3,(H2,14,17). The lowest BCUT2D eigenvalue weighted by Crippen LogP contribution is -2.10. The van der Waals surface area contributed by atoms with Gasteiger partial charge < -0.3 is 11.1 Å². The van der Waals surface area contributed by atoms with Gasteiger partial charge in [0.15, 0.2) is 0 Å². The minimum absolute atomic E-state index is 0.109. The highest BCUT2D eigenvalue weighted by molar-refractivity contribution is 7.80. The number of anilines is 1. The van der Waals surface area contributed by atoms with E-state index in [0.717, 1.165) is 16.3 Å². The zero-order valence-electron chi connectivity index (χ0n) is 9.68. The monoisotopic (exact) mass is 297 g/mol. The van der Waals surface area contributed by atoms with E-state index < -0.39 is 0 Å². The lowest BCUT2D eigenvalue weighted by atomic mass is 10.2. The third-order valence-electron chi connectivity index (χ3n) is 2.45. The van der Waals surface area contributed by atoms with Gasteiger partial charge in [0.2, 0.25) is 0 Å². The molecule has 94 valence electrons. The Kier molecular flexibility index (Phi) is 4.16. The van der Waals surface area contributed by atoms with E-state index in [9.17, 15) is 0 Å². The van der Waals surface area contributed by atoms with Crippen molar-refractivity contribution in [1.29, 1.82) is 0 Å². The predicted molar refractivity (Wildman–Crippen MR) is 81.5 cm³/mol. The van der Waals surface area contributed by atoms with Crippen LogP contribution in [0.3, 0.4) is 0 Å². The van der Waals surface area contributed by atoms with E-state index in [0.29, 0.717) is 10.0 Å². The van der Waals surface area contributed by atoms with Crippen LogP contribution in [0.25, 0.3) is 0 Å². The van der Waals surface area contributed by atoms with Crippen LogP contribution in [0.4, 0.5) is 5.69 Å². The van der Waals surface area contributed by atoms with Crippen molar-refractivity contribution in [2.75, 3.05) is 5.32 Å². The lowest BCUT2D eigenvalue weighted by molar-refractivity contribution is 0.870. The first kappa shape index (κ1) is 13.3. The summed E-state index contributed by atoms with van der Waals surface area (Å²) in [5, 5.41) is 6.88. The van der Waals surface area contributed by atoms with Crippen LogP contribution in [-0.4, -0.2) is 9.97 Å². The van der Waals surface area contributed by atoms with Gasteiger partial charge in [-0.05, 0) is 25.1 Å². The van der Waals surface area contributed by atoms with Crippen LogP contribution in [0, 0.1) is 0 Å². The van der Waals surface area contributed by atoms with Crippen molar-refractivity contribution in [3.05, 3.63) is 45.4 Å². The Morgan fingerprint density at radius 1 is 1.56 bits per heavy atom. The second-order valence-electron chi connectivity index (χ2n) is 3.80. The van der Waals surface area contributed by atoms with E-state index >= 15 is 0 Å². The molecule has 0 aliphatic carbocycles. The first-order valence-electron chi connectivity index (χ1n) is 5.33. The molecule has 0 saturated heterocycles. The number of aromatic nitrogens is 1. The van der Waals surface area contributed by atoms with Crippen molar-refractivity contribution < 1.29 is 0 Å². The molecule has 0 aliphatic heterocycles. The maximum atomic E-state index is 6.18. The number of nitrogens with two attached hydrogens (primary N) is 1. The topological polar surface area (TPSA) is 50.9 Å². The Hall–Kier alpha value is -1.17. The summed E-state index contributed by atoms with van der Waals surface area (Å²) in [7, 11) is 0. The van der Waals surface area contributed by atoms with Gasteiger partial charge in [0, 0.05) is 17.1 Å². The number of benzene rings is 1. The number of hydrogen-bond acceptors (Lipinski definition) is 4. The Bertz CT molecular complexity index is 554. The largest absolute Gasteiger partial charge is 0.389 e. The third kappa shape index (κ3) is 2.98. The van der Waals surface area contributed by atoms with Crippen molar-refractivity contribution >= 4 is 45.8 Å². The molecule has 0 saturated carbocycles. The summed E-state index contributed by atoms with van der Waals surface area (Å²) in [6, 6.07) is 5.60. The molecule has 0 radical (unpaired) electrons. The summed E-state index contributed by atoms with van der Waals surface area (Å²) in [5.41, 5.74) is 7.17. The van der Waals surface area contributed by atoms with Crippen LogP contribution in [0.15, 0.2) is 29.8 Å². The molecule has 1 unspecified atom stereocenters. The summed E-state index contributed by atoms with van der Waals surface area (Å²) in [6.45, 7) is 2.04. The van der Waals surface area contributed by atoms with Gasteiger partial charge in [-0.25, -0.2) is 4.98 Å². The van der Waals surface area contributed by atoms with Crippen LogP contribution < -0.4 is 11.1 Å². The summed E-state index contributed by atoms with van der Waals surface area (Å²) in [6.07, 6.45) is 1.79. The van der Waals surface area contributed by atoms with Crippen LogP contribution in [0.2, 0.25) is 5.02 Å². The van der Waals surface area contributed by atoms with Crippen molar-refractivity contribution in [3.8, 4) is 0 Å². The number of halogens is 1. The molecular weight excluding hydrogens is 286 g/mol. The second-order valence-corrected chi connectivity index (χ2v) is 5.57. The first-order chi connectivity index (χ1) is 8.58. The third-order valence-corrected chi connectivity index (χ3v) is 3.95. The normalized spacial score (nSPS) is 12.1. The molecule has 1 aromatic heterocycles. The maximum Gasteiger partial charge on any atom is 0.115 e. The van der Waals surface area contributed by atoms with Crippen molar-refractivity contribution in [3.63, 3.8) is 0 Å². The summed E-state index contributed by atoms with van der Waals surface area (Å²) in [4.78, 5) is 4.60. The summed E-state index contributed by atoms with van der Waals surface area (Å²) < 4.78 is 0. The fourth-order valence-electron chi connectivity index (χ4n) is 1.53. The van der Waals surface area contributed by atoms with Crippen LogP contribution in [0.5, 0.6) is 0 Å². The molecule has 3 N–H and O–H groups in total. The molecule has 1 aromatic carbocycles. The van der Waals surface area contributed by atoms with E-state index in [-0.39, 0.29) is 6.04 Å². The molecule has 0 spiro atoms. The van der Waals surface area contributed by atoms with E-state index in [2.05, 4.69) is 10.3 Å². The molecule has 0 fully saturated rings. The SMILES string of the molecule is CC(Nc1ccc(C(N)=S)cc1Cl)c1nccs1. The van der Waals surface area contributed by atoms with Crippen molar-refractivity contribution in [2.45, 2.75) is 13.0 Å². The highest BCUT2D eigenvalue weighted by atomic mass is 35.5. The van der Waals surface area contributed by atoms with E-state index in [1.807, 2.05) is 24.4 Å². The predicted octanol–water partition coefficient (Wildman–Crippen LogP) is 3.60. The average Bonchev–Trinajstić information content (AvgIpc) is 2.85. The Balaban J connectivity index is 2.17. The molecule has 2 aromatic rings. The smallest absolute Gasteiger partial charge is 0.115 e. The minimum Gasteiger partial charge on any atom is -0.389 e. The van der Waals surface area contributed by atoms with Gasteiger partial charge >= 0.3 is 0 Å². The number of hydrogen-bond donors (Lipinski definition) is 2. The fraction of sp³-hybridized carbons (Fsp3) is 0.167. The summed E-state index contributed by atoms with van der Waals surface area (Å²) >= 11 is 12.7. The number of thiocarbonyl (C=S) groups is 1. The van der Waals surface area contributed by atoms with E-state index in [1.165, 1.54) is 0 Å². The zero-order valence-corrected chi connectivity index (χ0v) is 12.1. The first-order valence-corrected chi connectivity index (χ1v) is 7.00. The Morgan fingerprint density at radius 3 is 2.89 bits per heavy atom. The Morgan fingerprint density at radius 2 is 2.33 bits per heavy atom. The van der Waals surface area contributed by atoms with Gasteiger partial charge in [-0.3, -0.25) is 0 Å². The van der Waals surface area contributed by atoms with Crippen LogP contribution in [0.1, 0.15) is 23.5 Å². The van der Waals surface area contributed by atoms with Gasteiger partial charge in [0.25, 0.3) is 0 Å². The maximum absolute atomic E-state index is 6.18. The molecule has 2 rings (SSSR count). The number of nitrogens with one attached hydrogen (secondary N) is 1. The van der Waals surface area contributed by atoms with Crippen molar-refractivity contribution in [1.82, 2.24) is 4.98 Å².